The molecule has 1 fully saturated rings. The van der Waals surface area contributed by atoms with Crippen LogP contribution in [0.3, 0.4) is 0 Å². The van der Waals surface area contributed by atoms with E-state index in [-0.39, 0.29) is 12.0 Å². The number of aliphatic hydroxyl groups excluding tert-OH is 1. The Balaban J connectivity index is 2.51. The highest BCUT2D eigenvalue weighted by atomic mass is 16.3. The van der Waals surface area contributed by atoms with Crippen LogP contribution in [0.2, 0.25) is 0 Å². The summed E-state index contributed by atoms with van der Waals surface area (Å²) in [4.78, 5) is 2.68. The number of azide groups is 1. The minimum Gasteiger partial charge on any atom is -0.396 e. The van der Waals surface area contributed by atoms with E-state index in [0.717, 1.165) is 19.5 Å². The fourth-order valence-electron chi connectivity index (χ4n) is 1.30. The molecule has 1 rings (SSSR count). The first-order chi connectivity index (χ1) is 5.33. The molecule has 0 saturated carbocycles. The van der Waals surface area contributed by atoms with Gasteiger partial charge in [-0.15, -0.1) is 0 Å². The van der Waals surface area contributed by atoms with Crippen molar-refractivity contribution >= 4 is 0 Å². The molecule has 0 aliphatic carbocycles. The quantitative estimate of drug-likeness (QED) is 0.349. The van der Waals surface area contributed by atoms with Crippen LogP contribution in [0.4, 0.5) is 0 Å². The second-order valence-corrected chi connectivity index (χ2v) is 2.97. The van der Waals surface area contributed by atoms with Crippen molar-refractivity contribution in [1.82, 2.24) is 5.32 Å². The van der Waals surface area contributed by atoms with E-state index in [4.69, 9.17) is 10.6 Å². The summed E-state index contributed by atoms with van der Waals surface area (Å²) in [7, 11) is 0. The third-order valence-electron chi connectivity index (χ3n) is 2.14. The van der Waals surface area contributed by atoms with E-state index in [0.29, 0.717) is 6.54 Å². The van der Waals surface area contributed by atoms with Crippen LogP contribution >= 0.6 is 0 Å². The van der Waals surface area contributed by atoms with Crippen molar-refractivity contribution in [3.8, 4) is 0 Å². The summed E-state index contributed by atoms with van der Waals surface area (Å²) in [5.41, 5.74) is 7.90. The van der Waals surface area contributed by atoms with Gasteiger partial charge in [0.15, 0.2) is 0 Å². The van der Waals surface area contributed by atoms with Crippen LogP contribution in [0, 0.1) is 5.41 Å². The van der Waals surface area contributed by atoms with Crippen LogP contribution < -0.4 is 5.32 Å². The molecule has 62 valence electrons. The van der Waals surface area contributed by atoms with E-state index in [1.54, 1.807) is 0 Å². The van der Waals surface area contributed by atoms with Crippen LogP contribution in [0.15, 0.2) is 5.11 Å². The molecule has 1 aliphatic heterocycles. The Labute approximate surface area is 65.0 Å². The predicted molar refractivity (Wildman–Crippen MR) is 41.0 cm³/mol. The smallest absolute Gasteiger partial charge is 0.0501 e. The third kappa shape index (κ3) is 1.83. The first kappa shape index (κ1) is 8.33. The van der Waals surface area contributed by atoms with Crippen molar-refractivity contribution in [2.45, 2.75) is 6.42 Å². The molecule has 11 heavy (non-hydrogen) atoms. The van der Waals surface area contributed by atoms with Gasteiger partial charge in [-0.2, -0.15) is 0 Å². The fourth-order valence-corrected chi connectivity index (χ4v) is 1.30. The van der Waals surface area contributed by atoms with Gasteiger partial charge >= 0.3 is 0 Å². The van der Waals surface area contributed by atoms with Crippen LogP contribution in [-0.4, -0.2) is 31.3 Å². The maximum atomic E-state index is 9.02. The van der Waals surface area contributed by atoms with E-state index < -0.39 is 0 Å². The van der Waals surface area contributed by atoms with E-state index in [1.807, 2.05) is 0 Å². The van der Waals surface area contributed by atoms with Crippen molar-refractivity contribution < 1.29 is 5.11 Å². The van der Waals surface area contributed by atoms with Gasteiger partial charge in [-0.05, 0) is 18.5 Å². The molecule has 5 heteroatoms. The number of nitrogens with one attached hydrogen (secondary N) is 1. The summed E-state index contributed by atoms with van der Waals surface area (Å²) in [6.45, 7) is 2.15. The largest absolute Gasteiger partial charge is 0.396 e. The molecular formula is C6H12N4O. The normalized spacial score (nSPS) is 29.9. The summed E-state index contributed by atoms with van der Waals surface area (Å²) in [5, 5.41) is 15.6. The number of nitrogens with zero attached hydrogens (tertiary/aromatic N) is 3. The second kappa shape index (κ2) is 3.57. The molecule has 0 unspecified atom stereocenters. The minimum absolute atomic E-state index is 0.0962. The Hall–Kier alpha value is -0.770. The van der Waals surface area contributed by atoms with Crippen LogP contribution in [0.5, 0.6) is 0 Å². The van der Waals surface area contributed by atoms with Gasteiger partial charge in [0.2, 0.25) is 0 Å². The van der Waals surface area contributed by atoms with E-state index in [9.17, 15) is 0 Å². The van der Waals surface area contributed by atoms with E-state index in [2.05, 4.69) is 15.3 Å². The molecule has 0 aromatic heterocycles. The molecule has 0 aromatic carbocycles. The van der Waals surface area contributed by atoms with Gasteiger partial charge in [0.05, 0.1) is 6.61 Å². The van der Waals surface area contributed by atoms with Gasteiger partial charge in [0.25, 0.3) is 0 Å². The topological polar surface area (TPSA) is 81.0 Å². The van der Waals surface area contributed by atoms with Crippen molar-refractivity contribution in [3.63, 3.8) is 0 Å². The molecule has 1 saturated heterocycles. The Kier molecular flexibility index (Phi) is 2.70. The molecule has 2 N–H and O–H groups in total. The van der Waals surface area contributed by atoms with Gasteiger partial charge < -0.3 is 10.4 Å². The Morgan fingerprint density at radius 2 is 2.55 bits per heavy atom. The first-order valence-corrected chi connectivity index (χ1v) is 3.65. The standard InChI is InChI=1S/C6H12N4O/c7-10-9-4-6(5-11)1-2-8-3-6/h8,11H,1-5H2/t6-/m0/s1. The molecular weight excluding hydrogens is 144 g/mol. The highest BCUT2D eigenvalue weighted by molar-refractivity contribution is 4.89. The zero-order valence-electron chi connectivity index (χ0n) is 6.32. The van der Waals surface area contributed by atoms with Gasteiger partial charge in [0, 0.05) is 23.4 Å². The third-order valence-corrected chi connectivity index (χ3v) is 2.14. The Morgan fingerprint density at radius 1 is 1.73 bits per heavy atom. The average Bonchev–Trinajstić information content (AvgIpc) is 2.50. The molecule has 1 heterocycles. The fraction of sp³-hybridized carbons (Fsp3) is 1.00. The van der Waals surface area contributed by atoms with Crippen LogP contribution in [0.1, 0.15) is 6.42 Å². The molecule has 0 bridgehead atoms. The van der Waals surface area contributed by atoms with E-state index >= 15 is 0 Å². The zero-order chi connectivity index (χ0) is 8.16. The highest BCUT2D eigenvalue weighted by Crippen LogP contribution is 2.24. The first-order valence-electron chi connectivity index (χ1n) is 3.65. The average molecular weight is 156 g/mol. The number of hydrogen-bond acceptors (Lipinski definition) is 3. The molecule has 1 atom stereocenters. The summed E-state index contributed by atoms with van der Waals surface area (Å²) in [6.07, 6.45) is 0.891. The van der Waals surface area contributed by atoms with E-state index in [1.165, 1.54) is 0 Å². The van der Waals surface area contributed by atoms with Gasteiger partial charge in [0.1, 0.15) is 0 Å². The van der Waals surface area contributed by atoms with Gasteiger partial charge in [-0.25, -0.2) is 0 Å². The van der Waals surface area contributed by atoms with Crippen molar-refractivity contribution in [2.24, 2.45) is 10.5 Å². The maximum Gasteiger partial charge on any atom is 0.0501 e. The molecule has 1 aliphatic rings. The Morgan fingerprint density at radius 3 is 3.00 bits per heavy atom. The highest BCUT2D eigenvalue weighted by Gasteiger charge is 2.32. The number of hydrogen-bond donors (Lipinski definition) is 2. The van der Waals surface area contributed by atoms with Crippen molar-refractivity contribution in [2.75, 3.05) is 26.2 Å². The lowest BCUT2D eigenvalue weighted by Crippen LogP contribution is -2.31. The predicted octanol–water partition coefficient (Wildman–Crippen LogP) is 0.269. The van der Waals surface area contributed by atoms with Gasteiger partial charge in [-0.1, -0.05) is 5.11 Å². The van der Waals surface area contributed by atoms with Crippen molar-refractivity contribution in [1.29, 1.82) is 0 Å². The SMILES string of the molecule is [N-]=[N+]=NC[C@]1(CO)CCNC1. The molecule has 0 amide bonds. The summed E-state index contributed by atoms with van der Waals surface area (Å²) in [6, 6.07) is 0. The van der Waals surface area contributed by atoms with Crippen LogP contribution in [0.25, 0.3) is 10.4 Å². The van der Waals surface area contributed by atoms with Gasteiger partial charge in [-0.3, -0.25) is 0 Å². The number of aliphatic hydroxyl groups is 1. The Bertz CT molecular complexity index is 169. The maximum absolute atomic E-state index is 9.02. The summed E-state index contributed by atoms with van der Waals surface area (Å²) in [5.74, 6) is 0. The molecule has 0 radical (unpaired) electrons. The second-order valence-electron chi connectivity index (χ2n) is 2.97. The van der Waals surface area contributed by atoms with Crippen LogP contribution in [-0.2, 0) is 0 Å². The molecule has 0 aromatic rings. The molecule has 0 spiro atoms. The lowest BCUT2D eigenvalue weighted by molar-refractivity contribution is 0.150. The summed E-state index contributed by atoms with van der Waals surface area (Å²) >= 11 is 0. The minimum atomic E-state index is -0.188. The zero-order valence-corrected chi connectivity index (χ0v) is 6.32. The van der Waals surface area contributed by atoms with Crippen molar-refractivity contribution in [3.05, 3.63) is 10.4 Å². The summed E-state index contributed by atoms with van der Waals surface area (Å²) < 4.78 is 0. The monoisotopic (exact) mass is 156 g/mol. The number of rotatable bonds is 3. The molecule has 5 nitrogen and oxygen atoms in total. The lowest BCUT2D eigenvalue weighted by atomic mass is 9.89. The lowest BCUT2D eigenvalue weighted by Gasteiger charge is -2.22.